The smallest absolute Gasteiger partial charge is 0.160 e. The van der Waals surface area contributed by atoms with Gasteiger partial charge in [0.15, 0.2) is 5.78 Å². The van der Waals surface area contributed by atoms with Crippen molar-refractivity contribution >= 4 is 11.6 Å². The van der Waals surface area contributed by atoms with Crippen LogP contribution >= 0.6 is 0 Å². The molecule has 5 rings (SSSR count). The molecule has 4 fully saturated rings. The van der Waals surface area contributed by atoms with Gasteiger partial charge in [0.1, 0.15) is 11.9 Å². The van der Waals surface area contributed by atoms with Gasteiger partial charge in [-0.3, -0.25) is 9.59 Å². The van der Waals surface area contributed by atoms with Gasteiger partial charge < -0.3 is 14.9 Å². The van der Waals surface area contributed by atoms with Gasteiger partial charge >= 0.3 is 0 Å². The van der Waals surface area contributed by atoms with Gasteiger partial charge in [0.25, 0.3) is 0 Å². The molecular weight excluding hydrogens is 440 g/mol. The molecule has 0 radical (unpaired) electrons. The Labute approximate surface area is 211 Å². The highest BCUT2D eigenvalue weighted by molar-refractivity contribution is 6.00. The summed E-state index contributed by atoms with van der Waals surface area (Å²) in [5.74, 6) is 0.793. The fourth-order valence-corrected chi connectivity index (χ4v) is 9.98. The Hall–Kier alpha value is -1.04. The molecule has 0 aromatic carbocycles. The van der Waals surface area contributed by atoms with Crippen LogP contribution in [0.3, 0.4) is 0 Å². The molecule has 0 bridgehead atoms. The molecule has 3 saturated carbocycles. The summed E-state index contributed by atoms with van der Waals surface area (Å²) >= 11 is 0. The standard InChI is InChI=1S/C30H46O5/c1-16(13-19(32)25-27(4,5)35-25)23-17-14-18(31)24-28(6)11-10-22(34)26(2,3)21(28)9-12-29(24,7)30(17,8)15-20(23)33/h16,18-19,21,24-25,31-32H,9-15H2,1-8H3. The third kappa shape index (κ3) is 3.29. The zero-order valence-electron chi connectivity index (χ0n) is 23.0. The molecule has 4 aliphatic carbocycles. The number of hydrogen-bond acceptors (Lipinski definition) is 5. The van der Waals surface area contributed by atoms with Crippen molar-refractivity contribution in [2.24, 2.45) is 39.4 Å². The molecule has 5 heteroatoms. The van der Waals surface area contributed by atoms with Crippen LogP contribution in [-0.4, -0.2) is 45.7 Å². The third-order valence-corrected chi connectivity index (χ3v) is 12.0. The number of allylic oxidation sites excluding steroid dienone is 1. The Morgan fingerprint density at radius 2 is 1.69 bits per heavy atom. The molecule has 2 N–H and O–H groups in total. The Morgan fingerprint density at radius 3 is 2.29 bits per heavy atom. The SMILES string of the molecule is CC(CC(O)C1OC1(C)C)C1=C2CC(O)C3C4(C)CCC(=O)C(C)(C)C4CCC3(C)C2(C)CC1=O. The average molecular weight is 487 g/mol. The third-order valence-electron chi connectivity index (χ3n) is 12.0. The molecule has 9 unspecified atom stereocenters. The predicted octanol–water partition coefficient (Wildman–Crippen LogP) is 5.02. The van der Waals surface area contributed by atoms with E-state index in [9.17, 15) is 19.8 Å². The Morgan fingerprint density at radius 1 is 1.06 bits per heavy atom. The second-order valence-corrected chi connectivity index (χ2v) is 14.6. The van der Waals surface area contributed by atoms with Gasteiger partial charge in [0.2, 0.25) is 0 Å². The first-order valence-corrected chi connectivity index (χ1v) is 13.8. The topological polar surface area (TPSA) is 87.1 Å². The summed E-state index contributed by atoms with van der Waals surface area (Å²) in [6.45, 7) is 17.2. The molecule has 5 aliphatic rings. The molecule has 0 aromatic rings. The lowest BCUT2D eigenvalue weighted by molar-refractivity contribution is -0.208. The van der Waals surface area contributed by atoms with E-state index in [1.54, 1.807) is 0 Å². The first kappa shape index (κ1) is 25.6. The first-order chi connectivity index (χ1) is 16.0. The molecule has 1 saturated heterocycles. The fourth-order valence-electron chi connectivity index (χ4n) is 9.98. The van der Waals surface area contributed by atoms with E-state index < -0.39 is 12.2 Å². The number of ether oxygens (including phenoxy) is 1. The van der Waals surface area contributed by atoms with Crippen LogP contribution in [0, 0.1) is 39.4 Å². The minimum atomic E-state index is -0.596. The van der Waals surface area contributed by atoms with E-state index in [0.717, 1.165) is 30.4 Å². The van der Waals surface area contributed by atoms with Gasteiger partial charge in [-0.15, -0.1) is 0 Å². The van der Waals surface area contributed by atoms with Gasteiger partial charge in [0, 0.05) is 23.7 Å². The zero-order chi connectivity index (χ0) is 25.9. The molecule has 1 aliphatic heterocycles. The molecule has 1 heterocycles. The second kappa shape index (κ2) is 7.51. The van der Waals surface area contributed by atoms with Crippen molar-refractivity contribution in [3.63, 3.8) is 0 Å². The number of epoxide rings is 1. The van der Waals surface area contributed by atoms with Crippen LogP contribution in [0.4, 0.5) is 0 Å². The van der Waals surface area contributed by atoms with Crippen molar-refractivity contribution in [1.29, 1.82) is 0 Å². The van der Waals surface area contributed by atoms with Crippen LogP contribution < -0.4 is 0 Å². The van der Waals surface area contributed by atoms with E-state index in [1.165, 1.54) is 0 Å². The highest BCUT2D eigenvalue weighted by Crippen LogP contribution is 2.73. The average Bonchev–Trinajstić information content (AvgIpc) is 3.28. The van der Waals surface area contributed by atoms with Gasteiger partial charge in [-0.05, 0) is 80.1 Å². The number of rotatable bonds is 4. The monoisotopic (exact) mass is 486 g/mol. The molecule has 0 spiro atoms. The highest BCUT2D eigenvalue weighted by Gasteiger charge is 2.70. The van der Waals surface area contributed by atoms with E-state index in [2.05, 4.69) is 41.5 Å². The van der Waals surface area contributed by atoms with E-state index >= 15 is 0 Å². The lowest BCUT2D eigenvalue weighted by Gasteiger charge is -2.68. The van der Waals surface area contributed by atoms with Crippen molar-refractivity contribution in [3.8, 4) is 0 Å². The fraction of sp³-hybridized carbons (Fsp3) is 0.867. The minimum Gasteiger partial charge on any atom is -0.392 e. The van der Waals surface area contributed by atoms with Crippen molar-refractivity contribution in [1.82, 2.24) is 0 Å². The molecule has 196 valence electrons. The van der Waals surface area contributed by atoms with Gasteiger partial charge in [0.05, 0.1) is 17.8 Å². The molecule has 0 aromatic heterocycles. The number of ketones is 2. The molecule has 9 atom stereocenters. The van der Waals surface area contributed by atoms with Gasteiger partial charge in [-0.25, -0.2) is 0 Å². The van der Waals surface area contributed by atoms with Crippen molar-refractivity contribution in [2.75, 3.05) is 0 Å². The number of hydrogen-bond donors (Lipinski definition) is 2. The lowest BCUT2D eigenvalue weighted by Crippen LogP contribution is -2.65. The van der Waals surface area contributed by atoms with Crippen molar-refractivity contribution in [2.45, 2.75) is 124 Å². The van der Waals surface area contributed by atoms with E-state index in [1.807, 2.05) is 13.8 Å². The Bertz CT molecular complexity index is 993. The summed E-state index contributed by atoms with van der Waals surface area (Å²) in [4.78, 5) is 26.5. The van der Waals surface area contributed by atoms with Gasteiger partial charge in [-0.1, -0.05) is 47.1 Å². The summed E-state index contributed by atoms with van der Waals surface area (Å²) in [6, 6.07) is 0. The Kier molecular flexibility index (Phi) is 5.49. The number of aliphatic hydroxyl groups excluding tert-OH is 2. The van der Waals surface area contributed by atoms with Crippen LogP contribution in [-0.2, 0) is 14.3 Å². The second-order valence-electron chi connectivity index (χ2n) is 14.6. The summed E-state index contributed by atoms with van der Waals surface area (Å²) in [5, 5.41) is 22.6. The maximum Gasteiger partial charge on any atom is 0.160 e. The molecule has 35 heavy (non-hydrogen) atoms. The van der Waals surface area contributed by atoms with Crippen LogP contribution in [0.15, 0.2) is 11.1 Å². The van der Waals surface area contributed by atoms with E-state index in [-0.39, 0.29) is 56.9 Å². The van der Waals surface area contributed by atoms with Crippen molar-refractivity contribution < 1.29 is 24.5 Å². The highest BCUT2D eigenvalue weighted by atomic mass is 16.6. The number of fused-ring (bicyclic) bond motifs is 5. The molecule has 0 amide bonds. The Balaban J connectivity index is 1.51. The number of aliphatic hydroxyl groups is 2. The largest absolute Gasteiger partial charge is 0.392 e. The summed E-state index contributed by atoms with van der Waals surface area (Å²) < 4.78 is 5.66. The van der Waals surface area contributed by atoms with Crippen LogP contribution in [0.1, 0.15) is 100 Å². The minimum absolute atomic E-state index is 0.0589. The van der Waals surface area contributed by atoms with Crippen LogP contribution in [0.2, 0.25) is 0 Å². The summed E-state index contributed by atoms with van der Waals surface area (Å²) in [5.41, 5.74) is 0.700. The quantitative estimate of drug-likeness (QED) is 0.545. The molecule has 5 nitrogen and oxygen atoms in total. The zero-order valence-corrected chi connectivity index (χ0v) is 23.0. The predicted molar refractivity (Wildman–Crippen MR) is 135 cm³/mol. The normalized spacial score (nSPS) is 47.6. The maximum absolute atomic E-state index is 13.6. The first-order valence-electron chi connectivity index (χ1n) is 13.8. The maximum atomic E-state index is 13.6. The van der Waals surface area contributed by atoms with E-state index in [0.29, 0.717) is 31.5 Å². The van der Waals surface area contributed by atoms with E-state index in [4.69, 9.17) is 4.74 Å². The van der Waals surface area contributed by atoms with Crippen LogP contribution in [0.25, 0.3) is 0 Å². The van der Waals surface area contributed by atoms with Gasteiger partial charge in [-0.2, -0.15) is 0 Å². The summed E-state index contributed by atoms with van der Waals surface area (Å²) in [7, 11) is 0. The molecular formula is C30H46O5. The van der Waals surface area contributed by atoms with Crippen LogP contribution in [0.5, 0.6) is 0 Å². The number of Topliss-reactive ketones (excluding diaryl/α,β-unsaturated/α-hetero) is 2. The number of carbonyl (C=O) groups excluding carboxylic acids is 2. The lowest BCUT2D eigenvalue weighted by atomic mass is 9.36. The van der Waals surface area contributed by atoms with Crippen molar-refractivity contribution in [3.05, 3.63) is 11.1 Å². The summed E-state index contributed by atoms with van der Waals surface area (Å²) in [6.07, 6.45) is 3.52. The number of carbonyl (C=O) groups is 2.